The molecule has 5 aliphatic heterocycles. The molecular weight excluding hydrogens is 484 g/mol. The van der Waals surface area contributed by atoms with Crippen LogP contribution in [-0.4, -0.2) is 141 Å². The molecule has 0 radical (unpaired) electrons. The van der Waals surface area contributed by atoms with Crippen molar-refractivity contribution in [3.8, 4) is 0 Å². The van der Waals surface area contributed by atoms with Crippen LogP contribution in [0, 0.1) is 11.3 Å². The highest BCUT2D eigenvalue weighted by atomic mass is 19.1. The molecule has 13 heteroatoms. The number of fused-ring (bicyclic) bond motifs is 1. The minimum Gasteiger partial charge on any atom is -0.350 e. The van der Waals surface area contributed by atoms with Crippen LogP contribution in [0.3, 0.4) is 0 Å². The first kappa shape index (κ1) is 27.1. The Bertz CT molecular complexity index is 837. The molecule has 7 atom stereocenters. The van der Waals surface area contributed by atoms with E-state index in [2.05, 4.69) is 38.2 Å². The number of piperazine rings is 1. The van der Waals surface area contributed by atoms with E-state index >= 15 is 4.39 Å². The van der Waals surface area contributed by atoms with Crippen LogP contribution in [0.25, 0.3) is 0 Å². The summed E-state index contributed by atoms with van der Waals surface area (Å²) in [6.45, 7) is 7.53. The molecule has 210 valence electrons. The number of likely N-dealkylation sites (N-methyl/N-ethyl adjacent to an activating group) is 1. The lowest BCUT2D eigenvalue weighted by Gasteiger charge is -2.48. The van der Waals surface area contributed by atoms with Gasteiger partial charge in [-0.25, -0.2) is 19.2 Å². The summed E-state index contributed by atoms with van der Waals surface area (Å²) >= 11 is 0. The molecule has 5 fully saturated rings. The van der Waals surface area contributed by atoms with Gasteiger partial charge in [0.05, 0.1) is 30.3 Å². The number of rotatable bonds is 4. The van der Waals surface area contributed by atoms with Gasteiger partial charge in [0, 0.05) is 57.8 Å². The minimum absolute atomic E-state index is 0.161. The molecule has 5 heterocycles. The highest BCUT2D eigenvalue weighted by Crippen LogP contribution is 2.35. The summed E-state index contributed by atoms with van der Waals surface area (Å²) in [5.41, 5.74) is 8.76. The van der Waals surface area contributed by atoms with Gasteiger partial charge in [-0.15, -0.1) is 0 Å². The van der Waals surface area contributed by atoms with Gasteiger partial charge >= 0.3 is 0 Å². The molecule has 7 unspecified atom stereocenters. The largest absolute Gasteiger partial charge is 0.350 e. The predicted octanol–water partition coefficient (Wildman–Crippen LogP) is -2.35. The van der Waals surface area contributed by atoms with Gasteiger partial charge in [-0.1, -0.05) is 6.92 Å². The molecule has 11 nitrogen and oxygen atoms in total. The number of carbonyl (C=O) groups excluding carboxylic acids is 2. The van der Waals surface area contributed by atoms with Crippen LogP contribution < -0.4 is 27.1 Å². The number of nitrogens with two attached hydrogens (primary N) is 1. The fourth-order valence-electron chi connectivity index (χ4n) is 6.67. The molecule has 0 aromatic carbocycles. The Balaban J connectivity index is 1.21. The smallest absolute Gasteiger partial charge is 0.229 e. The predicted molar refractivity (Wildman–Crippen MR) is 134 cm³/mol. The second kappa shape index (κ2) is 10.9. The highest BCUT2D eigenvalue weighted by molar-refractivity contribution is 5.82. The van der Waals surface area contributed by atoms with Crippen molar-refractivity contribution >= 4 is 11.8 Å². The van der Waals surface area contributed by atoms with Crippen molar-refractivity contribution in [3.63, 3.8) is 0 Å². The van der Waals surface area contributed by atoms with E-state index in [0.717, 1.165) is 26.2 Å². The average molecular weight is 528 g/mol. The number of nitrogens with zero attached hydrogens (tertiary/aromatic N) is 4. The number of carbonyl (C=O) groups is 2. The van der Waals surface area contributed by atoms with Gasteiger partial charge in [0.25, 0.3) is 0 Å². The van der Waals surface area contributed by atoms with Crippen LogP contribution >= 0.6 is 0 Å². The third kappa shape index (κ3) is 5.49. The van der Waals surface area contributed by atoms with Gasteiger partial charge in [-0.3, -0.25) is 19.8 Å². The zero-order valence-corrected chi connectivity index (χ0v) is 22.0. The third-order valence-electron chi connectivity index (χ3n) is 9.07. The lowest BCUT2D eigenvalue weighted by Crippen LogP contribution is -2.68. The summed E-state index contributed by atoms with van der Waals surface area (Å²) in [6.07, 6.45) is -1.92. The molecule has 0 aromatic rings. The fourth-order valence-corrected chi connectivity index (χ4v) is 6.67. The van der Waals surface area contributed by atoms with Crippen molar-refractivity contribution in [2.45, 2.75) is 56.5 Å². The number of halogens is 2. The Morgan fingerprint density at radius 3 is 2.43 bits per heavy atom. The van der Waals surface area contributed by atoms with Crippen LogP contribution in [0.4, 0.5) is 8.78 Å². The number of hydrazine groups is 1. The van der Waals surface area contributed by atoms with Crippen molar-refractivity contribution in [2.24, 2.45) is 17.1 Å². The van der Waals surface area contributed by atoms with Crippen molar-refractivity contribution in [1.29, 1.82) is 0 Å². The standard InChI is InChI=1S/C24H43F2N9O2/c1-24(23(37)34-9-7-32(2)8-10-34)3-5-33(6-4-24)19-16(26)12-28-13-17(19)30-22(36)18-20(27)31-35-14-15(25)11-29-21(18)35/h15-21,28-29,31H,3-14,27H2,1-2H3,(H,30,36). The Morgan fingerprint density at radius 2 is 1.73 bits per heavy atom. The molecule has 5 saturated heterocycles. The first-order valence-corrected chi connectivity index (χ1v) is 13.7. The number of amides is 2. The quantitative estimate of drug-likeness (QED) is 0.274. The molecular formula is C24H43F2N9O2. The molecule has 6 N–H and O–H groups in total. The van der Waals surface area contributed by atoms with E-state index < -0.39 is 48.1 Å². The maximum Gasteiger partial charge on any atom is 0.229 e. The van der Waals surface area contributed by atoms with Crippen molar-refractivity contribution < 1.29 is 18.4 Å². The van der Waals surface area contributed by atoms with E-state index in [1.807, 2.05) is 11.8 Å². The molecule has 5 rings (SSSR count). The van der Waals surface area contributed by atoms with Gasteiger partial charge in [0.1, 0.15) is 12.3 Å². The van der Waals surface area contributed by atoms with Crippen molar-refractivity contribution in [2.75, 3.05) is 72.5 Å². The Morgan fingerprint density at radius 1 is 1.03 bits per heavy atom. The monoisotopic (exact) mass is 527 g/mol. The van der Waals surface area contributed by atoms with E-state index in [1.165, 1.54) is 0 Å². The number of alkyl halides is 2. The molecule has 0 bridgehead atoms. The van der Waals surface area contributed by atoms with Crippen molar-refractivity contribution in [3.05, 3.63) is 0 Å². The SMILES string of the molecule is CN1CCN(C(=O)C2(C)CCN(C3C(F)CNCC3NC(=O)C3C(N)NN4CC(F)CNC34)CC2)CC1. The number of hydrogen-bond donors (Lipinski definition) is 5. The zero-order valence-electron chi connectivity index (χ0n) is 22.0. The highest BCUT2D eigenvalue weighted by Gasteiger charge is 2.49. The van der Waals surface area contributed by atoms with E-state index in [4.69, 9.17) is 5.73 Å². The Hall–Kier alpha value is -1.48. The van der Waals surface area contributed by atoms with Gasteiger partial charge in [-0.05, 0) is 33.0 Å². The van der Waals surface area contributed by atoms with Gasteiger partial charge in [-0.2, -0.15) is 0 Å². The van der Waals surface area contributed by atoms with E-state index in [-0.39, 0.29) is 31.4 Å². The molecule has 0 aromatic heterocycles. The summed E-state index contributed by atoms with van der Waals surface area (Å²) in [4.78, 5) is 33.0. The van der Waals surface area contributed by atoms with Crippen LogP contribution in [0.5, 0.6) is 0 Å². The summed E-state index contributed by atoms with van der Waals surface area (Å²) in [5.74, 6) is -0.690. The average Bonchev–Trinajstić information content (AvgIpc) is 3.20. The number of piperidine rings is 2. The zero-order chi connectivity index (χ0) is 26.3. The maximum atomic E-state index is 15.3. The molecule has 2 amide bonds. The van der Waals surface area contributed by atoms with Crippen LogP contribution in [0.2, 0.25) is 0 Å². The maximum absolute atomic E-state index is 15.3. The van der Waals surface area contributed by atoms with Crippen LogP contribution in [-0.2, 0) is 9.59 Å². The molecule has 5 aliphatic rings. The van der Waals surface area contributed by atoms with Crippen molar-refractivity contribution in [1.82, 2.24) is 41.1 Å². The summed E-state index contributed by atoms with van der Waals surface area (Å²) in [7, 11) is 2.07. The van der Waals surface area contributed by atoms with Crippen LogP contribution in [0.15, 0.2) is 0 Å². The normalized spacial score (nSPS) is 39.8. The first-order valence-electron chi connectivity index (χ1n) is 13.7. The second-order valence-corrected chi connectivity index (χ2v) is 11.8. The topological polar surface area (TPSA) is 121 Å². The minimum atomic E-state index is -1.15. The summed E-state index contributed by atoms with van der Waals surface area (Å²) in [6, 6.07) is -0.919. The number of nitrogens with one attached hydrogen (secondary N) is 4. The second-order valence-electron chi connectivity index (χ2n) is 11.8. The molecule has 0 aliphatic carbocycles. The summed E-state index contributed by atoms with van der Waals surface area (Å²) < 4.78 is 29.2. The number of hydrogen-bond acceptors (Lipinski definition) is 9. The lowest BCUT2D eigenvalue weighted by atomic mass is 9.77. The van der Waals surface area contributed by atoms with Gasteiger partial charge in [0.15, 0.2) is 0 Å². The molecule has 0 saturated carbocycles. The van der Waals surface area contributed by atoms with Crippen LogP contribution in [0.1, 0.15) is 19.8 Å². The fraction of sp³-hybridized carbons (Fsp3) is 0.917. The van der Waals surface area contributed by atoms with Gasteiger partial charge < -0.3 is 26.2 Å². The van der Waals surface area contributed by atoms with Gasteiger partial charge in [0.2, 0.25) is 11.8 Å². The number of likely N-dealkylation sites (tertiary alicyclic amines) is 1. The Labute approximate surface area is 217 Å². The van der Waals surface area contributed by atoms with E-state index in [9.17, 15) is 14.0 Å². The summed E-state index contributed by atoms with van der Waals surface area (Å²) in [5, 5.41) is 10.9. The first-order chi connectivity index (χ1) is 17.7. The Kier molecular flexibility index (Phi) is 8.02. The third-order valence-corrected chi connectivity index (χ3v) is 9.07. The molecule has 37 heavy (non-hydrogen) atoms. The van der Waals surface area contributed by atoms with E-state index in [0.29, 0.717) is 32.5 Å². The van der Waals surface area contributed by atoms with E-state index in [1.54, 1.807) is 5.01 Å². The lowest BCUT2D eigenvalue weighted by molar-refractivity contribution is -0.146. The molecule has 0 spiro atoms.